The maximum absolute atomic E-state index is 7.03. The summed E-state index contributed by atoms with van der Waals surface area (Å²) in [6.45, 7) is 35.1. The van der Waals surface area contributed by atoms with Crippen LogP contribution in [0.2, 0.25) is 0 Å². The van der Waals surface area contributed by atoms with E-state index in [0.717, 1.165) is 46.9 Å². The molecule has 0 amide bonds. The maximum atomic E-state index is 7.03. The third-order valence-electron chi connectivity index (χ3n) is 13.9. The molecule has 328 valence electrons. The van der Waals surface area contributed by atoms with Crippen LogP contribution in [0.15, 0.2) is 115 Å². The summed E-state index contributed by atoms with van der Waals surface area (Å²) in [5.41, 5.74) is 13.5. The van der Waals surface area contributed by atoms with Gasteiger partial charge in [0.15, 0.2) is 0 Å². The molecule has 8 rings (SSSR count). The van der Waals surface area contributed by atoms with Gasteiger partial charge in [0.2, 0.25) is 0 Å². The SMILES string of the molecule is CCC(C)(CC)c1cccc(N2CN(c3cc(Oc4ccc5c6cc(C(C)(C)C)ccc6n(-c6cc(C(C)(C)C)ccn6)c5c4)cc(C(C)(C)C)c3)c3ccc(C(C)(C)C)cc32)c1. The van der Waals surface area contributed by atoms with Crippen molar-refractivity contribution < 1.29 is 4.74 Å². The van der Waals surface area contributed by atoms with E-state index in [2.05, 4.69) is 227 Å². The second kappa shape index (κ2) is 15.6. The monoisotopic (exact) mass is 839 g/mol. The number of pyridine rings is 1. The van der Waals surface area contributed by atoms with E-state index in [4.69, 9.17) is 9.72 Å². The van der Waals surface area contributed by atoms with Crippen LogP contribution in [0, 0.1) is 0 Å². The first-order chi connectivity index (χ1) is 29.5. The molecular weight excluding hydrogens is 769 g/mol. The molecule has 0 atom stereocenters. The molecule has 5 nitrogen and oxygen atoms in total. The summed E-state index contributed by atoms with van der Waals surface area (Å²) in [4.78, 5) is 9.95. The topological polar surface area (TPSA) is 33.5 Å². The van der Waals surface area contributed by atoms with Crippen LogP contribution < -0.4 is 14.5 Å². The molecule has 0 unspecified atom stereocenters. The standard InChI is InChI=1S/C58H70N4O/c1-16-58(15,17-2)41-19-18-20-43(29-41)60-37-61(50-26-22-39(33-52(50)60)55(6,7)8)44-30-42(57(12,13)14)31-46(35-44)63-45-23-24-47-48-32-38(54(3,4)5)21-25-49(48)62(51(47)36-45)53-34-40(27-28-59-53)56(9,10)11/h18-36H,16-17,37H2,1-15H3. The van der Waals surface area contributed by atoms with Crippen molar-refractivity contribution in [1.29, 1.82) is 0 Å². The molecule has 0 saturated heterocycles. The zero-order chi connectivity index (χ0) is 45.4. The van der Waals surface area contributed by atoms with Gasteiger partial charge in [-0.05, 0) is 141 Å². The van der Waals surface area contributed by atoms with Crippen molar-refractivity contribution in [3.8, 4) is 17.3 Å². The van der Waals surface area contributed by atoms with Gasteiger partial charge < -0.3 is 14.5 Å². The highest BCUT2D eigenvalue weighted by Crippen LogP contribution is 2.49. The molecule has 1 aliphatic heterocycles. The van der Waals surface area contributed by atoms with E-state index in [1.165, 1.54) is 55.7 Å². The van der Waals surface area contributed by atoms with Crippen molar-refractivity contribution in [1.82, 2.24) is 9.55 Å². The summed E-state index contributed by atoms with van der Waals surface area (Å²) < 4.78 is 9.35. The van der Waals surface area contributed by atoms with Crippen molar-refractivity contribution in [3.63, 3.8) is 0 Å². The summed E-state index contributed by atoms with van der Waals surface area (Å²) in [5, 5.41) is 2.40. The van der Waals surface area contributed by atoms with Crippen molar-refractivity contribution in [3.05, 3.63) is 143 Å². The fourth-order valence-corrected chi connectivity index (χ4v) is 9.03. The Kier molecular flexibility index (Phi) is 10.9. The van der Waals surface area contributed by atoms with E-state index in [1.54, 1.807) is 0 Å². The molecule has 5 aromatic carbocycles. The smallest absolute Gasteiger partial charge is 0.137 e. The molecule has 0 aliphatic carbocycles. The molecular formula is C58H70N4O. The number of ether oxygens (including phenoxy) is 1. The first kappa shape index (κ1) is 44.1. The van der Waals surface area contributed by atoms with Gasteiger partial charge in [-0.15, -0.1) is 0 Å². The lowest BCUT2D eigenvalue weighted by atomic mass is 9.78. The van der Waals surface area contributed by atoms with Gasteiger partial charge in [-0.3, -0.25) is 4.57 Å². The Hall–Kier alpha value is -5.55. The molecule has 3 heterocycles. The molecule has 0 spiro atoms. The highest BCUT2D eigenvalue weighted by Gasteiger charge is 2.32. The number of nitrogens with zero attached hydrogens (tertiary/aromatic N) is 4. The van der Waals surface area contributed by atoms with Gasteiger partial charge in [-0.1, -0.05) is 128 Å². The highest BCUT2D eigenvalue weighted by molar-refractivity contribution is 6.10. The Balaban J connectivity index is 1.25. The number of benzene rings is 5. The summed E-state index contributed by atoms with van der Waals surface area (Å²) >= 11 is 0. The van der Waals surface area contributed by atoms with Crippen LogP contribution in [-0.2, 0) is 27.1 Å². The number of aromatic nitrogens is 2. The minimum absolute atomic E-state index is 0.0132. The summed E-state index contributed by atoms with van der Waals surface area (Å²) in [6.07, 6.45) is 4.14. The lowest BCUT2D eigenvalue weighted by molar-refractivity contribution is 0.439. The van der Waals surface area contributed by atoms with Crippen LogP contribution in [0.5, 0.6) is 11.5 Å². The van der Waals surface area contributed by atoms with Crippen LogP contribution in [0.1, 0.15) is 145 Å². The molecule has 0 fully saturated rings. The van der Waals surface area contributed by atoms with Gasteiger partial charge in [0, 0.05) is 40.5 Å². The van der Waals surface area contributed by atoms with Gasteiger partial charge in [0.1, 0.15) is 24.0 Å². The lowest BCUT2D eigenvalue weighted by Gasteiger charge is -2.30. The van der Waals surface area contributed by atoms with E-state index >= 15 is 0 Å². The Morgan fingerprint density at radius 3 is 1.76 bits per heavy atom. The molecule has 0 N–H and O–H groups in total. The minimum Gasteiger partial charge on any atom is -0.457 e. The van der Waals surface area contributed by atoms with Gasteiger partial charge in [0.05, 0.1) is 22.4 Å². The lowest BCUT2D eigenvalue weighted by Crippen LogP contribution is -2.25. The van der Waals surface area contributed by atoms with Crippen LogP contribution in [-0.4, -0.2) is 16.2 Å². The predicted molar refractivity (Wildman–Crippen MR) is 270 cm³/mol. The fraction of sp³-hybridized carbons (Fsp3) is 0.397. The Bertz CT molecular complexity index is 2830. The van der Waals surface area contributed by atoms with Gasteiger partial charge in [0.25, 0.3) is 0 Å². The molecule has 0 radical (unpaired) electrons. The quantitative estimate of drug-likeness (QED) is 0.153. The van der Waals surface area contributed by atoms with Crippen LogP contribution in [0.25, 0.3) is 27.6 Å². The zero-order valence-electron chi connectivity index (χ0n) is 40.8. The Labute approximate surface area is 378 Å². The van der Waals surface area contributed by atoms with E-state index in [9.17, 15) is 0 Å². The molecule has 5 heteroatoms. The van der Waals surface area contributed by atoms with E-state index in [0.29, 0.717) is 6.67 Å². The first-order valence-electron chi connectivity index (χ1n) is 23.2. The third kappa shape index (κ3) is 8.36. The molecule has 63 heavy (non-hydrogen) atoms. The zero-order valence-corrected chi connectivity index (χ0v) is 40.8. The maximum Gasteiger partial charge on any atom is 0.137 e. The largest absolute Gasteiger partial charge is 0.457 e. The van der Waals surface area contributed by atoms with Crippen molar-refractivity contribution in [2.45, 2.75) is 144 Å². The van der Waals surface area contributed by atoms with E-state index in [-0.39, 0.29) is 27.1 Å². The average Bonchev–Trinajstić information content (AvgIpc) is 3.77. The van der Waals surface area contributed by atoms with Crippen LogP contribution in [0.4, 0.5) is 22.7 Å². The van der Waals surface area contributed by atoms with Crippen molar-refractivity contribution >= 4 is 44.6 Å². The number of hydrogen-bond acceptors (Lipinski definition) is 4. The number of anilines is 4. The van der Waals surface area contributed by atoms with Gasteiger partial charge in [-0.2, -0.15) is 0 Å². The summed E-state index contributed by atoms with van der Waals surface area (Å²) in [5.74, 6) is 2.51. The van der Waals surface area contributed by atoms with Crippen molar-refractivity contribution in [2.75, 3.05) is 16.5 Å². The minimum atomic E-state index is -0.115. The molecule has 0 bridgehead atoms. The average molecular weight is 839 g/mol. The molecule has 2 aromatic heterocycles. The summed E-state index contributed by atoms with van der Waals surface area (Å²) in [6, 6.07) is 41.0. The second-order valence-corrected chi connectivity index (χ2v) is 22.5. The second-order valence-electron chi connectivity index (χ2n) is 22.5. The third-order valence-corrected chi connectivity index (χ3v) is 13.9. The van der Waals surface area contributed by atoms with E-state index < -0.39 is 0 Å². The highest BCUT2D eigenvalue weighted by atomic mass is 16.5. The van der Waals surface area contributed by atoms with Gasteiger partial charge >= 0.3 is 0 Å². The van der Waals surface area contributed by atoms with Crippen LogP contribution in [0.3, 0.4) is 0 Å². The predicted octanol–water partition coefficient (Wildman–Crippen LogP) is 16.5. The van der Waals surface area contributed by atoms with Crippen LogP contribution >= 0.6 is 0 Å². The molecule has 1 aliphatic rings. The number of fused-ring (bicyclic) bond motifs is 4. The van der Waals surface area contributed by atoms with Gasteiger partial charge in [-0.25, -0.2) is 4.98 Å². The molecule has 0 saturated carbocycles. The summed E-state index contributed by atoms with van der Waals surface area (Å²) in [7, 11) is 0. The normalized spacial score (nSPS) is 14.0. The Morgan fingerprint density at radius 1 is 0.476 bits per heavy atom. The number of rotatable bonds is 8. The number of hydrogen-bond donors (Lipinski definition) is 0. The van der Waals surface area contributed by atoms with E-state index in [1.807, 2.05) is 6.20 Å². The molecule has 7 aromatic rings. The Morgan fingerprint density at radius 2 is 1.10 bits per heavy atom. The fourth-order valence-electron chi connectivity index (χ4n) is 9.03. The van der Waals surface area contributed by atoms with Crippen molar-refractivity contribution in [2.24, 2.45) is 0 Å². The first-order valence-corrected chi connectivity index (χ1v) is 23.2.